The Morgan fingerprint density at radius 2 is 1.76 bits per heavy atom. The van der Waals surface area contributed by atoms with Gasteiger partial charge in [-0.15, -0.1) is 0 Å². The van der Waals surface area contributed by atoms with E-state index in [2.05, 4.69) is 21.2 Å². The molecule has 0 heterocycles. The molecule has 0 radical (unpaired) electrons. The van der Waals surface area contributed by atoms with Crippen LogP contribution in [-0.2, 0) is 26.2 Å². The largest absolute Gasteiger partial charge is 0.354 e. The van der Waals surface area contributed by atoms with E-state index >= 15 is 0 Å². The summed E-state index contributed by atoms with van der Waals surface area (Å²) in [6.07, 6.45) is 1.04. The highest BCUT2D eigenvalue weighted by Gasteiger charge is 2.30. The molecule has 186 valence electrons. The predicted molar refractivity (Wildman–Crippen MR) is 140 cm³/mol. The van der Waals surface area contributed by atoms with E-state index in [0.717, 1.165) is 20.6 Å². The maximum absolute atomic E-state index is 13.5. The molecule has 1 N–H and O–H groups in total. The first kappa shape index (κ1) is 28.1. The van der Waals surface area contributed by atoms with E-state index in [9.17, 15) is 18.0 Å². The van der Waals surface area contributed by atoms with Gasteiger partial charge in [-0.3, -0.25) is 13.9 Å². The van der Waals surface area contributed by atoms with Crippen LogP contribution in [0.15, 0.2) is 46.9 Å². The second-order valence-corrected chi connectivity index (χ2v) is 11.8. The Labute approximate surface area is 215 Å². The SMILES string of the molecule is Cc1c(Cl)cccc1N(CC(=O)N(Cc1cccc(Br)c1)C(C)C(=O)NCC(C)C)S(C)(=O)=O. The van der Waals surface area contributed by atoms with Crippen LogP contribution in [0.25, 0.3) is 0 Å². The molecule has 7 nitrogen and oxygen atoms in total. The van der Waals surface area contributed by atoms with Crippen molar-refractivity contribution in [2.45, 2.75) is 40.3 Å². The zero-order valence-corrected chi connectivity index (χ0v) is 23.2. The summed E-state index contributed by atoms with van der Waals surface area (Å²) in [6.45, 7) is 7.44. The highest BCUT2D eigenvalue weighted by molar-refractivity contribution is 9.10. The summed E-state index contributed by atoms with van der Waals surface area (Å²) >= 11 is 9.63. The molecule has 2 aromatic carbocycles. The molecule has 0 bridgehead atoms. The molecule has 0 fully saturated rings. The Bertz CT molecular complexity index is 1140. The van der Waals surface area contributed by atoms with Crippen molar-refractivity contribution in [3.8, 4) is 0 Å². The van der Waals surface area contributed by atoms with Gasteiger partial charge in [-0.2, -0.15) is 0 Å². The van der Waals surface area contributed by atoms with Gasteiger partial charge >= 0.3 is 0 Å². The van der Waals surface area contributed by atoms with Gasteiger partial charge in [0.1, 0.15) is 12.6 Å². The zero-order valence-electron chi connectivity index (χ0n) is 20.0. The number of rotatable bonds is 10. The molecule has 10 heteroatoms. The summed E-state index contributed by atoms with van der Waals surface area (Å²) < 4.78 is 27.2. The number of nitrogens with one attached hydrogen (secondary N) is 1. The van der Waals surface area contributed by atoms with Gasteiger partial charge in [0.05, 0.1) is 11.9 Å². The molecule has 34 heavy (non-hydrogen) atoms. The average Bonchev–Trinajstić information content (AvgIpc) is 2.75. The molecule has 2 rings (SSSR count). The van der Waals surface area contributed by atoms with Crippen molar-refractivity contribution >= 4 is 55.1 Å². The van der Waals surface area contributed by atoms with Crippen LogP contribution in [0.3, 0.4) is 0 Å². The third-order valence-electron chi connectivity index (χ3n) is 5.28. The summed E-state index contributed by atoms with van der Waals surface area (Å²) in [4.78, 5) is 27.8. The molecule has 0 saturated heterocycles. The van der Waals surface area contributed by atoms with E-state index in [0.29, 0.717) is 22.8 Å². The Morgan fingerprint density at radius 3 is 2.35 bits per heavy atom. The number of benzene rings is 2. The molecule has 0 spiro atoms. The molecule has 0 aliphatic rings. The lowest BCUT2D eigenvalue weighted by Crippen LogP contribution is -2.51. The summed E-state index contributed by atoms with van der Waals surface area (Å²) in [5.41, 5.74) is 1.67. The van der Waals surface area contributed by atoms with Gasteiger partial charge in [0.25, 0.3) is 0 Å². The second-order valence-electron chi connectivity index (χ2n) is 8.62. The summed E-state index contributed by atoms with van der Waals surface area (Å²) in [7, 11) is -3.81. The van der Waals surface area contributed by atoms with Crippen molar-refractivity contribution in [1.29, 1.82) is 0 Å². The van der Waals surface area contributed by atoms with E-state index in [4.69, 9.17) is 11.6 Å². The van der Waals surface area contributed by atoms with Crippen molar-refractivity contribution < 1.29 is 18.0 Å². The Morgan fingerprint density at radius 1 is 1.12 bits per heavy atom. The fraction of sp³-hybridized carbons (Fsp3) is 0.417. The van der Waals surface area contributed by atoms with Crippen LogP contribution in [0.4, 0.5) is 5.69 Å². The van der Waals surface area contributed by atoms with Crippen molar-refractivity contribution in [3.63, 3.8) is 0 Å². The molecule has 2 aromatic rings. The van der Waals surface area contributed by atoms with Crippen molar-refractivity contribution in [2.75, 3.05) is 23.7 Å². The number of anilines is 1. The number of hydrogen-bond acceptors (Lipinski definition) is 4. The first-order chi connectivity index (χ1) is 15.8. The lowest BCUT2D eigenvalue weighted by atomic mass is 10.1. The molecule has 0 aliphatic heterocycles. The number of carbonyl (C=O) groups is 2. The smallest absolute Gasteiger partial charge is 0.244 e. The molecule has 0 aliphatic carbocycles. The van der Waals surface area contributed by atoms with E-state index in [1.54, 1.807) is 32.0 Å². The minimum absolute atomic E-state index is 0.140. The predicted octanol–water partition coefficient (Wildman–Crippen LogP) is 4.37. The minimum Gasteiger partial charge on any atom is -0.354 e. The summed E-state index contributed by atoms with van der Waals surface area (Å²) in [5, 5.41) is 3.25. The maximum atomic E-state index is 13.5. The lowest BCUT2D eigenvalue weighted by Gasteiger charge is -2.32. The summed E-state index contributed by atoms with van der Waals surface area (Å²) in [5.74, 6) is -0.559. The number of carbonyl (C=O) groups excluding carboxylic acids is 2. The van der Waals surface area contributed by atoms with E-state index < -0.39 is 28.5 Å². The van der Waals surface area contributed by atoms with E-state index in [1.165, 1.54) is 4.90 Å². The van der Waals surface area contributed by atoms with Gasteiger partial charge in [-0.05, 0) is 55.2 Å². The van der Waals surface area contributed by atoms with Gasteiger partial charge in [0.2, 0.25) is 21.8 Å². The molecule has 0 aromatic heterocycles. The average molecular weight is 573 g/mol. The number of amides is 2. The molecule has 1 atom stereocenters. The van der Waals surface area contributed by atoms with E-state index in [1.807, 2.05) is 38.1 Å². The van der Waals surface area contributed by atoms with Crippen LogP contribution in [0.5, 0.6) is 0 Å². The van der Waals surface area contributed by atoms with Crippen LogP contribution in [0.1, 0.15) is 31.9 Å². The Kier molecular flexibility index (Phi) is 9.96. The first-order valence-electron chi connectivity index (χ1n) is 10.9. The fourth-order valence-electron chi connectivity index (χ4n) is 3.33. The van der Waals surface area contributed by atoms with Gasteiger partial charge in [-0.1, -0.05) is 59.6 Å². The topological polar surface area (TPSA) is 86.8 Å². The third-order valence-corrected chi connectivity index (χ3v) is 7.31. The highest BCUT2D eigenvalue weighted by Crippen LogP contribution is 2.28. The Balaban J connectivity index is 2.41. The van der Waals surface area contributed by atoms with Gasteiger partial charge in [0, 0.05) is 22.6 Å². The number of hydrogen-bond donors (Lipinski definition) is 1. The lowest BCUT2D eigenvalue weighted by molar-refractivity contribution is -0.139. The van der Waals surface area contributed by atoms with Gasteiger partial charge < -0.3 is 10.2 Å². The summed E-state index contributed by atoms with van der Waals surface area (Å²) in [6, 6.07) is 11.5. The molecule has 2 amide bonds. The quantitative estimate of drug-likeness (QED) is 0.458. The number of halogens is 2. The van der Waals surface area contributed by atoms with E-state index in [-0.39, 0.29) is 18.4 Å². The molecule has 1 unspecified atom stereocenters. The normalized spacial score (nSPS) is 12.4. The number of nitrogens with zero attached hydrogens (tertiary/aromatic N) is 2. The van der Waals surface area contributed by atoms with Crippen LogP contribution in [0.2, 0.25) is 5.02 Å². The van der Waals surface area contributed by atoms with Crippen molar-refractivity contribution in [1.82, 2.24) is 10.2 Å². The van der Waals surface area contributed by atoms with Gasteiger partial charge in [-0.25, -0.2) is 8.42 Å². The van der Waals surface area contributed by atoms with Crippen LogP contribution >= 0.6 is 27.5 Å². The monoisotopic (exact) mass is 571 g/mol. The molecular formula is C24H31BrClN3O4S. The minimum atomic E-state index is -3.81. The maximum Gasteiger partial charge on any atom is 0.244 e. The van der Waals surface area contributed by atoms with Crippen LogP contribution in [-0.4, -0.2) is 50.5 Å². The van der Waals surface area contributed by atoms with Crippen LogP contribution in [0, 0.1) is 12.8 Å². The first-order valence-corrected chi connectivity index (χ1v) is 13.9. The zero-order chi connectivity index (χ0) is 25.6. The standard InChI is InChI=1S/C24H31BrClN3O4S/c1-16(2)13-27-24(31)18(4)28(14-19-8-6-9-20(25)12-19)23(30)15-29(34(5,32)33)22-11-7-10-21(26)17(22)3/h6-12,16,18H,13-15H2,1-5H3,(H,27,31). The highest BCUT2D eigenvalue weighted by atomic mass is 79.9. The van der Waals surface area contributed by atoms with Crippen molar-refractivity contribution in [3.05, 3.63) is 63.1 Å². The molecule has 0 saturated carbocycles. The third kappa shape index (κ3) is 7.71. The van der Waals surface area contributed by atoms with Gasteiger partial charge in [0.15, 0.2) is 0 Å². The second kappa shape index (κ2) is 12.0. The van der Waals surface area contributed by atoms with Crippen molar-refractivity contribution in [2.24, 2.45) is 5.92 Å². The fourth-order valence-corrected chi connectivity index (χ4v) is 4.84. The molecular weight excluding hydrogens is 542 g/mol. The number of sulfonamides is 1. The van der Waals surface area contributed by atoms with Crippen LogP contribution < -0.4 is 9.62 Å². The Hall–Kier alpha value is -2.10.